The minimum atomic E-state index is -1.08. The van der Waals surface area contributed by atoms with E-state index in [1.165, 1.54) is 12.3 Å². The van der Waals surface area contributed by atoms with Crippen molar-refractivity contribution in [1.82, 2.24) is 9.47 Å². The van der Waals surface area contributed by atoms with Crippen molar-refractivity contribution in [2.75, 3.05) is 39.5 Å². The maximum atomic E-state index is 12.6. The average Bonchev–Trinajstić information content (AvgIpc) is 2.81. The predicted molar refractivity (Wildman–Crippen MR) is 127 cm³/mol. The van der Waals surface area contributed by atoms with E-state index >= 15 is 0 Å². The molecule has 1 atom stereocenters. The monoisotopic (exact) mass is 469 g/mol. The van der Waals surface area contributed by atoms with Crippen molar-refractivity contribution < 1.29 is 19.4 Å². The van der Waals surface area contributed by atoms with Crippen LogP contribution < -0.4 is 10.2 Å². The van der Waals surface area contributed by atoms with Gasteiger partial charge in [0, 0.05) is 48.7 Å². The van der Waals surface area contributed by atoms with Gasteiger partial charge in [0.1, 0.15) is 5.56 Å². The van der Waals surface area contributed by atoms with Gasteiger partial charge in [0.2, 0.25) is 0 Å². The molecule has 1 aromatic carbocycles. The van der Waals surface area contributed by atoms with Gasteiger partial charge >= 0.3 is 5.91 Å². The number of amides is 1. The molecular formula is C25H31N3O6. The lowest BCUT2D eigenvalue weighted by Crippen LogP contribution is -2.37. The third-order valence-corrected chi connectivity index (χ3v) is 6.58. The number of hydrogen-bond donors (Lipinski definition) is 1. The number of ether oxygens (including phenoxy) is 2. The Bertz CT molecular complexity index is 1140. The van der Waals surface area contributed by atoms with E-state index in [-0.39, 0.29) is 22.8 Å². The summed E-state index contributed by atoms with van der Waals surface area (Å²) in [5.74, 6) is -0.670. The van der Waals surface area contributed by atoms with Gasteiger partial charge in [-0.05, 0) is 36.0 Å². The number of nitroso groups, excluding NO2 is 1. The Labute approximate surface area is 198 Å². The Morgan fingerprint density at radius 3 is 2.65 bits per heavy atom. The van der Waals surface area contributed by atoms with E-state index in [1.54, 1.807) is 6.07 Å². The fraction of sp³-hybridized carbons (Fsp3) is 0.520. The maximum Gasteiger partial charge on any atom is 0.322 e. The molecular weight excluding hydrogens is 438 g/mol. The molecule has 1 amide bonds. The lowest BCUT2D eigenvalue weighted by atomic mass is 9.78. The van der Waals surface area contributed by atoms with E-state index in [0.717, 1.165) is 44.8 Å². The largest absolute Gasteiger partial charge is 0.504 e. The lowest BCUT2D eigenvalue weighted by Gasteiger charge is -2.39. The maximum absolute atomic E-state index is 12.6. The molecule has 2 aromatic rings. The van der Waals surface area contributed by atoms with Crippen LogP contribution in [0.3, 0.4) is 0 Å². The number of nitrogens with zero attached hydrogens (tertiary/aromatic N) is 3. The third-order valence-electron chi connectivity index (χ3n) is 6.58. The van der Waals surface area contributed by atoms with Gasteiger partial charge in [-0.1, -0.05) is 20.8 Å². The van der Waals surface area contributed by atoms with Crippen LogP contribution in [0.2, 0.25) is 0 Å². The number of fused-ring (bicyclic) bond motifs is 3. The Kier molecular flexibility index (Phi) is 6.86. The van der Waals surface area contributed by atoms with Crippen molar-refractivity contribution in [3.8, 4) is 22.8 Å². The van der Waals surface area contributed by atoms with Crippen LogP contribution in [0, 0.1) is 10.3 Å². The Morgan fingerprint density at radius 1 is 1.24 bits per heavy atom. The highest BCUT2D eigenvalue weighted by molar-refractivity contribution is 5.94. The fourth-order valence-corrected chi connectivity index (χ4v) is 4.69. The minimum Gasteiger partial charge on any atom is -0.504 e. The van der Waals surface area contributed by atoms with E-state index in [9.17, 15) is 19.6 Å². The zero-order valence-electron chi connectivity index (χ0n) is 19.9. The molecule has 2 aliphatic heterocycles. The van der Waals surface area contributed by atoms with Gasteiger partial charge < -0.3 is 19.1 Å². The van der Waals surface area contributed by atoms with Crippen molar-refractivity contribution in [3.05, 3.63) is 50.7 Å². The van der Waals surface area contributed by atoms with E-state index < -0.39 is 11.3 Å². The second-order valence-corrected chi connectivity index (χ2v) is 9.96. The quantitative estimate of drug-likeness (QED) is 0.510. The van der Waals surface area contributed by atoms with E-state index in [4.69, 9.17) is 9.47 Å². The highest BCUT2D eigenvalue weighted by atomic mass is 16.5. The zero-order chi connectivity index (χ0) is 24.5. The van der Waals surface area contributed by atoms with Crippen LogP contribution in [0.25, 0.3) is 11.3 Å². The first-order chi connectivity index (χ1) is 16.2. The van der Waals surface area contributed by atoms with Gasteiger partial charge in [-0.3, -0.25) is 14.5 Å². The van der Waals surface area contributed by atoms with Gasteiger partial charge in [0.05, 0.1) is 25.5 Å². The van der Waals surface area contributed by atoms with E-state index in [1.807, 2.05) is 10.6 Å². The highest BCUT2D eigenvalue weighted by Gasteiger charge is 2.34. The van der Waals surface area contributed by atoms with Crippen LogP contribution in [-0.4, -0.2) is 59.9 Å². The molecule has 1 fully saturated rings. The van der Waals surface area contributed by atoms with Gasteiger partial charge in [-0.15, -0.1) is 4.91 Å². The van der Waals surface area contributed by atoms with Gasteiger partial charge in [-0.25, -0.2) is 0 Å². The standard InChI is InChI=1S/C25H31N3O6/c1-25(2,3)23-12-16-11-22(34-8-4-5-27-6-9-33-10-7-27)21(30)13-17(16)19-14-20(29)18(15-28(19)23)24(31)26-32/h11,13-15,23,30H,4-10,12H2,1-3H3. The number of aromatic nitrogens is 1. The normalized spacial score (nSPS) is 18.1. The molecule has 1 saturated heterocycles. The Morgan fingerprint density at radius 2 is 1.97 bits per heavy atom. The lowest BCUT2D eigenvalue weighted by molar-refractivity contribution is 0.0357. The van der Waals surface area contributed by atoms with Crippen LogP contribution in [-0.2, 0) is 11.2 Å². The number of phenolic OH excluding ortho intramolecular Hbond substituents is 1. The highest BCUT2D eigenvalue weighted by Crippen LogP contribution is 2.45. The van der Waals surface area contributed by atoms with Crippen molar-refractivity contribution >= 4 is 5.91 Å². The van der Waals surface area contributed by atoms with Gasteiger partial charge in [0.25, 0.3) is 0 Å². The molecule has 2 aliphatic rings. The fourth-order valence-electron chi connectivity index (χ4n) is 4.69. The number of carbonyl (C=O) groups is 1. The summed E-state index contributed by atoms with van der Waals surface area (Å²) >= 11 is 0. The Balaban J connectivity index is 1.62. The second-order valence-electron chi connectivity index (χ2n) is 9.96. The number of morpholine rings is 1. The molecule has 9 nitrogen and oxygen atoms in total. The van der Waals surface area contributed by atoms with Crippen molar-refractivity contribution in [1.29, 1.82) is 0 Å². The summed E-state index contributed by atoms with van der Waals surface area (Å²) in [6.45, 7) is 11.0. The summed E-state index contributed by atoms with van der Waals surface area (Å²) < 4.78 is 13.1. The van der Waals surface area contributed by atoms with Crippen molar-refractivity contribution in [3.63, 3.8) is 0 Å². The number of phenols is 1. The predicted octanol–water partition coefficient (Wildman–Crippen LogP) is 3.37. The topological polar surface area (TPSA) is 110 Å². The number of hydrogen-bond acceptors (Lipinski definition) is 7. The van der Waals surface area contributed by atoms with Crippen LogP contribution in [0.5, 0.6) is 11.5 Å². The van der Waals surface area contributed by atoms with E-state index in [0.29, 0.717) is 30.0 Å². The smallest absolute Gasteiger partial charge is 0.322 e. The molecule has 1 aromatic heterocycles. The first-order valence-electron chi connectivity index (χ1n) is 11.6. The average molecular weight is 470 g/mol. The van der Waals surface area contributed by atoms with Crippen molar-refractivity contribution in [2.24, 2.45) is 10.6 Å². The van der Waals surface area contributed by atoms with Crippen molar-refractivity contribution in [2.45, 2.75) is 39.7 Å². The molecule has 3 heterocycles. The van der Waals surface area contributed by atoms with Crippen LogP contribution in [0.1, 0.15) is 49.2 Å². The van der Waals surface area contributed by atoms with Gasteiger partial charge in [-0.2, -0.15) is 0 Å². The molecule has 4 rings (SSSR count). The Hall–Kier alpha value is -3.04. The molecule has 0 bridgehead atoms. The summed E-state index contributed by atoms with van der Waals surface area (Å²) in [6, 6.07) is 4.71. The molecule has 1 N–H and O–H groups in total. The summed E-state index contributed by atoms with van der Waals surface area (Å²) in [7, 11) is 0. The van der Waals surface area contributed by atoms with Crippen LogP contribution in [0.4, 0.5) is 0 Å². The molecule has 34 heavy (non-hydrogen) atoms. The summed E-state index contributed by atoms with van der Waals surface area (Å²) in [5, 5.41) is 13.1. The second kappa shape index (κ2) is 9.68. The minimum absolute atomic E-state index is 0.00644. The van der Waals surface area contributed by atoms with E-state index in [2.05, 4.69) is 30.8 Å². The molecule has 9 heteroatoms. The molecule has 0 spiro atoms. The van der Waals surface area contributed by atoms with Crippen LogP contribution in [0.15, 0.2) is 34.4 Å². The molecule has 0 radical (unpaired) electrons. The number of pyridine rings is 1. The number of rotatable bonds is 6. The third kappa shape index (κ3) is 4.90. The van der Waals surface area contributed by atoms with Crippen LogP contribution >= 0.6 is 0 Å². The number of aromatic hydroxyl groups is 1. The summed E-state index contributed by atoms with van der Waals surface area (Å²) in [5.41, 5.74) is 1.21. The summed E-state index contributed by atoms with van der Waals surface area (Å²) in [4.78, 5) is 37.6. The molecule has 182 valence electrons. The summed E-state index contributed by atoms with van der Waals surface area (Å²) in [6.07, 6.45) is 2.87. The first kappa shape index (κ1) is 24.1. The first-order valence-corrected chi connectivity index (χ1v) is 11.6. The SMILES string of the molecule is CC(C)(C)C1Cc2cc(OCCCN3CCOCC3)c(O)cc2-c2cc(=O)c(C(=O)N=O)cn21. The zero-order valence-corrected chi connectivity index (χ0v) is 19.9. The van der Waals surface area contributed by atoms with Gasteiger partial charge in [0.15, 0.2) is 16.9 Å². The number of carbonyl (C=O) groups excluding carboxylic acids is 1. The number of benzene rings is 1. The molecule has 0 aliphatic carbocycles. The molecule has 0 saturated carbocycles. The molecule has 1 unspecified atom stereocenters.